The summed E-state index contributed by atoms with van der Waals surface area (Å²) in [5, 5.41) is 14.8. The van der Waals surface area contributed by atoms with Crippen molar-refractivity contribution in [3.05, 3.63) is 57.6 Å². The molecule has 28 heavy (non-hydrogen) atoms. The first kappa shape index (κ1) is 19.9. The molecule has 0 aliphatic carbocycles. The highest BCUT2D eigenvalue weighted by atomic mass is 79.9. The van der Waals surface area contributed by atoms with Crippen LogP contribution in [0.3, 0.4) is 0 Å². The molecule has 1 aliphatic heterocycles. The molecule has 1 aliphatic rings. The van der Waals surface area contributed by atoms with Gasteiger partial charge in [-0.25, -0.2) is 0 Å². The van der Waals surface area contributed by atoms with Crippen molar-refractivity contribution in [1.29, 1.82) is 0 Å². The van der Waals surface area contributed by atoms with Gasteiger partial charge in [0.1, 0.15) is 0 Å². The largest absolute Gasteiger partial charge is 0.504 e. The topological polar surface area (TPSA) is 62.1 Å². The van der Waals surface area contributed by atoms with Gasteiger partial charge < -0.3 is 9.84 Å². The van der Waals surface area contributed by atoms with Crippen molar-refractivity contribution in [2.45, 2.75) is 13.1 Å². The molecule has 0 bridgehead atoms. The Morgan fingerprint density at radius 2 is 1.96 bits per heavy atom. The number of aromatic hydroxyl groups is 1. The minimum Gasteiger partial charge on any atom is -0.504 e. The van der Waals surface area contributed by atoms with E-state index in [9.17, 15) is 23.1 Å². The Labute approximate surface area is 166 Å². The summed E-state index contributed by atoms with van der Waals surface area (Å²) >= 11 is 3.30. The Hall–Kier alpha value is -2.81. The van der Waals surface area contributed by atoms with Crippen LogP contribution in [0, 0.1) is 0 Å². The number of amides is 1. The first-order valence-corrected chi connectivity index (χ1v) is 8.76. The number of hydrogen-bond donors (Lipinski definition) is 1. The van der Waals surface area contributed by atoms with E-state index < -0.39 is 17.6 Å². The summed E-state index contributed by atoms with van der Waals surface area (Å²) in [5.74, 6) is -0.425. The van der Waals surface area contributed by atoms with E-state index in [1.807, 2.05) is 0 Å². The number of alkyl halides is 3. The molecule has 0 unspecified atom stereocenters. The van der Waals surface area contributed by atoms with Crippen LogP contribution in [0.15, 0.2) is 51.5 Å². The molecule has 0 fully saturated rings. The number of anilines is 1. The number of carbonyl (C=O) groups excluding carboxylic acids is 1. The summed E-state index contributed by atoms with van der Waals surface area (Å²) in [4.78, 5) is 12.8. The fourth-order valence-corrected chi connectivity index (χ4v) is 3.11. The van der Waals surface area contributed by atoms with Gasteiger partial charge in [-0.05, 0) is 48.9 Å². The van der Waals surface area contributed by atoms with Crippen LogP contribution in [0.25, 0.3) is 6.08 Å². The number of hydrogen-bond acceptors (Lipinski definition) is 4. The third-order valence-electron chi connectivity index (χ3n) is 4.08. The first-order valence-electron chi connectivity index (χ1n) is 7.97. The van der Waals surface area contributed by atoms with Crippen LogP contribution < -0.4 is 9.75 Å². The van der Waals surface area contributed by atoms with E-state index in [2.05, 4.69) is 21.0 Å². The Kier molecular flexibility index (Phi) is 5.20. The zero-order chi connectivity index (χ0) is 20.6. The molecule has 1 N–H and O–H groups in total. The number of phenols is 1. The second kappa shape index (κ2) is 7.31. The van der Waals surface area contributed by atoms with Crippen LogP contribution in [-0.2, 0) is 11.0 Å². The lowest BCUT2D eigenvalue weighted by atomic mass is 10.1. The molecule has 3 rings (SSSR count). The molecular formula is C19H14BrF3N2O3. The third-order valence-corrected chi connectivity index (χ3v) is 4.77. The lowest BCUT2D eigenvalue weighted by molar-refractivity contribution is -0.137. The fraction of sp³-hybridized carbons (Fsp3) is 0.158. The van der Waals surface area contributed by atoms with E-state index in [4.69, 9.17) is 4.74 Å². The van der Waals surface area contributed by atoms with Gasteiger partial charge in [-0.1, -0.05) is 22.0 Å². The minimum atomic E-state index is -4.52. The lowest BCUT2D eigenvalue weighted by Crippen LogP contribution is -2.21. The molecule has 0 aromatic heterocycles. The average molecular weight is 455 g/mol. The molecule has 1 amide bonds. The van der Waals surface area contributed by atoms with Gasteiger partial charge in [0.15, 0.2) is 11.5 Å². The quantitative estimate of drug-likeness (QED) is 0.664. The number of benzene rings is 2. The fourth-order valence-electron chi connectivity index (χ4n) is 2.66. The zero-order valence-corrected chi connectivity index (χ0v) is 16.3. The van der Waals surface area contributed by atoms with Crippen molar-refractivity contribution < 1.29 is 27.8 Å². The Bertz CT molecular complexity index is 1020. The molecule has 2 aromatic rings. The number of rotatable bonds is 3. The molecule has 0 saturated carbocycles. The van der Waals surface area contributed by atoms with Crippen molar-refractivity contribution in [3.63, 3.8) is 0 Å². The Morgan fingerprint density at radius 1 is 1.25 bits per heavy atom. The van der Waals surface area contributed by atoms with E-state index in [0.717, 1.165) is 17.1 Å². The number of phenolic OH excluding ortho intramolecular Hbond substituents is 1. The number of halogens is 4. The summed E-state index contributed by atoms with van der Waals surface area (Å²) < 4.78 is 44.4. The maximum Gasteiger partial charge on any atom is 0.416 e. The monoisotopic (exact) mass is 454 g/mol. The molecule has 0 radical (unpaired) electrons. The molecule has 146 valence electrons. The number of methoxy groups -OCH3 is 1. The van der Waals surface area contributed by atoms with Crippen molar-refractivity contribution in [1.82, 2.24) is 0 Å². The van der Waals surface area contributed by atoms with Gasteiger partial charge in [-0.3, -0.25) is 4.79 Å². The Balaban J connectivity index is 1.99. The molecule has 2 aromatic carbocycles. The molecule has 9 heteroatoms. The maximum atomic E-state index is 13.0. The molecule has 5 nitrogen and oxygen atoms in total. The van der Waals surface area contributed by atoms with Gasteiger partial charge in [-0.2, -0.15) is 23.3 Å². The summed E-state index contributed by atoms with van der Waals surface area (Å²) in [6.07, 6.45) is -3.00. The second-order valence-electron chi connectivity index (χ2n) is 5.95. The van der Waals surface area contributed by atoms with Gasteiger partial charge >= 0.3 is 6.18 Å². The summed E-state index contributed by atoms with van der Waals surface area (Å²) in [6, 6.07) is 7.35. The van der Waals surface area contributed by atoms with E-state index in [1.165, 1.54) is 37.5 Å². The van der Waals surface area contributed by atoms with Crippen LogP contribution in [0.4, 0.5) is 18.9 Å². The lowest BCUT2D eigenvalue weighted by Gasteiger charge is -2.14. The van der Waals surface area contributed by atoms with Gasteiger partial charge in [-0.15, -0.1) is 0 Å². The van der Waals surface area contributed by atoms with Crippen molar-refractivity contribution in [2.75, 3.05) is 12.1 Å². The predicted molar refractivity (Wildman–Crippen MR) is 102 cm³/mol. The SMILES string of the molecule is COc1cc(/C=C2\C(=O)N(c3cccc(C(F)(F)F)c3)N=C2C)c(Br)cc1O. The standard InChI is InChI=1S/C19H14BrF3N2O3/c1-10-14(6-11-7-17(28-2)16(26)9-15(11)20)18(27)25(24-10)13-5-3-4-12(8-13)19(21,22)23/h3-9,26H,1-2H3/b14-6-. The molecule has 0 saturated heterocycles. The number of nitrogens with zero attached hydrogens (tertiary/aromatic N) is 2. The average Bonchev–Trinajstić information content (AvgIpc) is 2.91. The van der Waals surface area contributed by atoms with Crippen LogP contribution in [0.1, 0.15) is 18.1 Å². The minimum absolute atomic E-state index is 0.0185. The van der Waals surface area contributed by atoms with Gasteiger partial charge in [0, 0.05) is 4.47 Å². The van der Waals surface area contributed by atoms with Crippen molar-refractivity contribution in [3.8, 4) is 11.5 Å². The van der Waals surface area contributed by atoms with Gasteiger partial charge in [0.05, 0.1) is 29.6 Å². The van der Waals surface area contributed by atoms with Crippen LogP contribution in [0.5, 0.6) is 11.5 Å². The summed E-state index contributed by atoms with van der Waals surface area (Å²) in [6.45, 7) is 1.59. The first-order chi connectivity index (χ1) is 13.1. The molecule has 0 atom stereocenters. The summed E-state index contributed by atoms with van der Waals surface area (Å²) in [5.41, 5.74) is 0.254. The molecule has 0 spiro atoms. The van der Waals surface area contributed by atoms with Crippen LogP contribution >= 0.6 is 15.9 Å². The van der Waals surface area contributed by atoms with E-state index >= 15 is 0 Å². The van der Waals surface area contributed by atoms with Crippen molar-refractivity contribution >= 4 is 39.3 Å². The number of ether oxygens (including phenoxy) is 1. The van der Waals surface area contributed by atoms with E-state index in [-0.39, 0.29) is 22.8 Å². The number of hydrazone groups is 1. The van der Waals surface area contributed by atoms with E-state index in [0.29, 0.717) is 15.7 Å². The third kappa shape index (κ3) is 3.75. The highest BCUT2D eigenvalue weighted by Gasteiger charge is 2.33. The highest BCUT2D eigenvalue weighted by molar-refractivity contribution is 9.10. The zero-order valence-electron chi connectivity index (χ0n) is 14.7. The summed E-state index contributed by atoms with van der Waals surface area (Å²) in [7, 11) is 1.39. The van der Waals surface area contributed by atoms with Crippen LogP contribution in [0.2, 0.25) is 0 Å². The smallest absolute Gasteiger partial charge is 0.416 e. The molecular weight excluding hydrogens is 441 g/mol. The van der Waals surface area contributed by atoms with Crippen molar-refractivity contribution in [2.24, 2.45) is 5.10 Å². The maximum absolute atomic E-state index is 13.0. The Morgan fingerprint density at radius 3 is 2.61 bits per heavy atom. The van der Waals surface area contributed by atoms with E-state index in [1.54, 1.807) is 6.92 Å². The highest BCUT2D eigenvalue weighted by Crippen LogP contribution is 2.36. The van der Waals surface area contributed by atoms with Crippen LogP contribution in [-0.4, -0.2) is 23.8 Å². The predicted octanol–water partition coefficient (Wildman–Crippen LogP) is 4.99. The normalized spacial score (nSPS) is 15.9. The second-order valence-corrected chi connectivity index (χ2v) is 6.81. The number of carbonyl (C=O) groups is 1. The van der Waals surface area contributed by atoms with Gasteiger partial charge in [0.2, 0.25) is 0 Å². The van der Waals surface area contributed by atoms with Gasteiger partial charge in [0.25, 0.3) is 5.91 Å². The molecule has 1 heterocycles.